The van der Waals surface area contributed by atoms with E-state index >= 15 is 0 Å². The average molecular weight is 476 g/mol. The molecular weight excluding hydrogens is 461 g/mol. The van der Waals surface area contributed by atoms with Gasteiger partial charge in [0, 0.05) is 20.3 Å². The van der Waals surface area contributed by atoms with Crippen molar-refractivity contribution in [1.29, 1.82) is 0 Å². The lowest BCUT2D eigenvalue weighted by Crippen LogP contribution is -2.17. The summed E-state index contributed by atoms with van der Waals surface area (Å²) in [6, 6.07) is 16.7. The lowest BCUT2D eigenvalue weighted by atomic mass is 9.86. The molecule has 3 aromatic carbocycles. The van der Waals surface area contributed by atoms with Crippen LogP contribution in [-0.4, -0.2) is 5.11 Å². The fraction of sp³-hybridized carbons (Fsp3) is 0.0909. The third kappa shape index (κ3) is 3.20. The molecule has 4 rings (SSSR count). The summed E-state index contributed by atoms with van der Waals surface area (Å²) in [5, 5.41) is 9.86. The maximum atomic E-state index is 14.7. The molecule has 0 bridgehead atoms. The monoisotopic (exact) mass is 476 g/mol. The summed E-state index contributed by atoms with van der Waals surface area (Å²) in [6.07, 6.45) is -0.588. The van der Waals surface area contributed by atoms with Crippen LogP contribution in [0.5, 0.6) is 11.5 Å². The molecule has 1 heterocycles. The Labute approximate surface area is 169 Å². The summed E-state index contributed by atoms with van der Waals surface area (Å²) >= 11 is 2.21. The predicted molar refractivity (Wildman–Crippen MR) is 109 cm³/mol. The van der Waals surface area contributed by atoms with Gasteiger partial charge in [0.25, 0.3) is 0 Å². The van der Waals surface area contributed by atoms with Crippen molar-refractivity contribution >= 4 is 33.7 Å². The third-order valence-corrected chi connectivity index (χ3v) is 5.41. The van der Waals surface area contributed by atoms with Gasteiger partial charge >= 0.3 is 0 Å². The van der Waals surface area contributed by atoms with Crippen molar-refractivity contribution in [2.75, 3.05) is 0 Å². The number of ether oxygens (including phenoxy) is 1. The zero-order valence-corrected chi connectivity index (χ0v) is 16.5. The standard InChI is InChI=1S/C22H15F2IO2/c1-12-17-11-15(26)9-10-19(17)27-22(13-5-7-14(25)8-6-13)20(12)16-3-2-4-18(23)21(16)24/h2-11,22,26H,1H3/t22-/m0/s1. The number of phenols is 1. The van der Waals surface area contributed by atoms with E-state index in [1.54, 1.807) is 24.3 Å². The first-order chi connectivity index (χ1) is 13.0. The van der Waals surface area contributed by atoms with E-state index in [1.807, 2.05) is 31.2 Å². The molecule has 0 aliphatic carbocycles. The van der Waals surface area contributed by atoms with Crippen molar-refractivity contribution in [3.05, 3.63) is 92.6 Å². The average Bonchev–Trinajstić information content (AvgIpc) is 2.65. The van der Waals surface area contributed by atoms with E-state index in [2.05, 4.69) is 22.6 Å². The minimum Gasteiger partial charge on any atom is -0.508 e. The first kappa shape index (κ1) is 18.0. The number of hydrogen-bond acceptors (Lipinski definition) is 2. The molecule has 0 radical (unpaired) electrons. The van der Waals surface area contributed by atoms with E-state index in [-0.39, 0.29) is 11.3 Å². The number of allylic oxidation sites excluding steroid dienone is 1. The van der Waals surface area contributed by atoms with E-state index in [9.17, 15) is 13.9 Å². The summed E-state index contributed by atoms with van der Waals surface area (Å²) < 4.78 is 35.8. The number of benzene rings is 3. The van der Waals surface area contributed by atoms with Crippen LogP contribution in [0.2, 0.25) is 0 Å². The summed E-state index contributed by atoms with van der Waals surface area (Å²) in [6.45, 7) is 1.83. The van der Waals surface area contributed by atoms with Crippen molar-refractivity contribution < 1.29 is 18.6 Å². The van der Waals surface area contributed by atoms with Gasteiger partial charge < -0.3 is 9.84 Å². The molecule has 1 aliphatic rings. The van der Waals surface area contributed by atoms with Crippen LogP contribution in [-0.2, 0) is 0 Å². The van der Waals surface area contributed by atoms with Crippen LogP contribution >= 0.6 is 22.6 Å². The van der Waals surface area contributed by atoms with Crippen LogP contribution < -0.4 is 4.74 Å². The fourth-order valence-corrected chi connectivity index (χ4v) is 3.73. The van der Waals surface area contributed by atoms with Gasteiger partial charge in [-0.25, -0.2) is 8.78 Å². The molecule has 3 aromatic rings. The molecule has 2 nitrogen and oxygen atoms in total. The molecule has 1 atom stereocenters. The van der Waals surface area contributed by atoms with Crippen LogP contribution in [0.15, 0.2) is 60.7 Å². The maximum absolute atomic E-state index is 14.7. The van der Waals surface area contributed by atoms with E-state index in [0.717, 1.165) is 20.8 Å². The van der Waals surface area contributed by atoms with Gasteiger partial charge in [-0.15, -0.1) is 0 Å². The van der Waals surface area contributed by atoms with Gasteiger partial charge in [0.05, 0.1) is 0 Å². The quantitative estimate of drug-likeness (QED) is 0.438. The number of fused-ring (bicyclic) bond motifs is 1. The molecule has 0 amide bonds. The lowest BCUT2D eigenvalue weighted by molar-refractivity contribution is 0.259. The molecule has 136 valence electrons. The predicted octanol–water partition coefficient (Wildman–Crippen LogP) is 6.34. The molecule has 0 unspecified atom stereocenters. The summed E-state index contributed by atoms with van der Waals surface area (Å²) in [5.74, 6) is -1.14. The van der Waals surface area contributed by atoms with Crippen molar-refractivity contribution in [2.45, 2.75) is 13.0 Å². The molecular formula is C22H15F2IO2. The first-order valence-corrected chi connectivity index (χ1v) is 9.44. The Morgan fingerprint density at radius 2 is 1.70 bits per heavy atom. The second-order valence-corrected chi connectivity index (χ2v) is 7.62. The van der Waals surface area contributed by atoms with Crippen molar-refractivity contribution in [3.8, 4) is 11.5 Å². The minimum atomic E-state index is -0.908. The number of phenolic OH excluding ortho intramolecular Hbond substituents is 1. The Balaban J connectivity index is 1.98. The van der Waals surface area contributed by atoms with Crippen molar-refractivity contribution in [1.82, 2.24) is 0 Å². The van der Waals surface area contributed by atoms with E-state index in [1.165, 1.54) is 6.07 Å². The highest BCUT2D eigenvalue weighted by Gasteiger charge is 2.31. The first-order valence-electron chi connectivity index (χ1n) is 8.36. The Morgan fingerprint density at radius 1 is 0.963 bits per heavy atom. The van der Waals surface area contributed by atoms with Gasteiger partial charge in [-0.1, -0.05) is 24.3 Å². The number of halogens is 3. The molecule has 0 fully saturated rings. The smallest absolute Gasteiger partial charge is 0.166 e. The molecule has 5 heteroatoms. The van der Waals surface area contributed by atoms with E-state index in [0.29, 0.717) is 16.9 Å². The number of aromatic hydroxyl groups is 1. The Morgan fingerprint density at radius 3 is 2.44 bits per heavy atom. The largest absolute Gasteiger partial charge is 0.508 e. The van der Waals surface area contributed by atoms with Crippen LogP contribution in [0.25, 0.3) is 11.1 Å². The topological polar surface area (TPSA) is 29.5 Å². The fourth-order valence-electron chi connectivity index (χ4n) is 3.37. The zero-order chi connectivity index (χ0) is 19.1. The van der Waals surface area contributed by atoms with Crippen molar-refractivity contribution in [2.24, 2.45) is 0 Å². The molecule has 0 aromatic heterocycles. The summed E-state index contributed by atoms with van der Waals surface area (Å²) in [4.78, 5) is 0. The van der Waals surface area contributed by atoms with E-state index in [4.69, 9.17) is 4.74 Å². The van der Waals surface area contributed by atoms with Gasteiger partial charge in [-0.2, -0.15) is 0 Å². The van der Waals surface area contributed by atoms with Crippen LogP contribution in [0.1, 0.15) is 29.7 Å². The highest BCUT2D eigenvalue weighted by molar-refractivity contribution is 14.1. The summed E-state index contributed by atoms with van der Waals surface area (Å²) in [7, 11) is 0. The van der Waals surface area contributed by atoms with Crippen LogP contribution in [0.4, 0.5) is 8.78 Å². The van der Waals surface area contributed by atoms with Gasteiger partial charge in [0.2, 0.25) is 0 Å². The normalized spacial score (nSPS) is 16.1. The Hall–Kier alpha value is -2.41. The molecule has 27 heavy (non-hydrogen) atoms. The van der Waals surface area contributed by atoms with Gasteiger partial charge in [-0.05, 0) is 77.0 Å². The van der Waals surface area contributed by atoms with Gasteiger partial charge in [-0.3, -0.25) is 0 Å². The molecule has 1 aliphatic heterocycles. The zero-order valence-electron chi connectivity index (χ0n) is 14.3. The molecule has 0 saturated carbocycles. The Bertz CT molecular complexity index is 1060. The second kappa shape index (κ2) is 6.96. The molecule has 0 saturated heterocycles. The third-order valence-electron chi connectivity index (χ3n) is 4.69. The number of hydrogen-bond donors (Lipinski definition) is 1. The van der Waals surface area contributed by atoms with Crippen LogP contribution in [0, 0.1) is 15.2 Å². The maximum Gasteiger partial charge on any atom is 0.166 e. The highest BCUT2D eigenvalue weighted by Crippen LogP contribution is 2.47. The number of rotatable bonds is 2. The summed E-state index contributed by atoms with van der Waals surface area (Å²) in [5.41, 5.74) is 2.94. The van der Waals surface area contributed by atoms with Crippen molar-refractivity contribution in [3.63, 3.8) is 0 Å². The van der Waals surface area contributed by atoms with Gasteiger partial charge in [0.15, 0.2) is 11.6 Å². The lowest BCUT2D eigenvalue weighted by Gasteiger charge is -2.31. The minimum absolute atomic E-state index is 0.0866. The molecule has 1 N–H and O–H groups in total. The Kier molecular flexibility index (Phi) is 4.63. The second-order valence-electron chi connectivity index (χ2n) is 6.37. The van der Waals surface area contributed by atoms with E-state index < -0.39 is 17.7 Å². The van der Waals surface area contributed by atoms with Crippen LogP contribution in [0.3, 0.4) is 0 Å². The SMILES string of the molecule is CC1=C(c2cccc(F)c2F)[C@H](c2ccc(I)cc2)Oc2ccc(O)cc21. The highest BCUT2D eigenvalue weighted by atomic mass is 127. The molecule has 0 spiro atoms. The van der Waals surface area contributed by atoms with Gasteiger partial charge in [0.1, 0.15) is 17.6 Å².